The van der Waals surface area contributed by atoms with Crippen LogP contribution < -0.4 is 5.32 Å². The second kappa shape index (κ2) is 5.83. The first-order valence-electron chi connectivity index (χ1n) is 6.32. The lowest BCUT2D eigenvalue weighted by Crippen LogP contribution is -2.38. The number of hydrogen-bond acceptors (Lipinski definition) is 3. The van der Waals surface area contributed by atoms with E-state index in [-0.39, 0.29) is 0 Å². The summed E-state index contributed by atoms with van der Waals surface area (Å²) in [5.74, 6) is 1.26. The molecule has 0 radical (unpaired) electrons. The topological polar surface area (TPSA) is 41.5 Å². The Morgan fingerprint density at radius 2 is 1.80 bits per heavy atom. The highest BCUT2D eigenvalue weighted by molar-refractivity contribution is 4.80. The predicted octanol–water partition coefficient (Wildman–Crippen LogP) is 1.16. The van der Waals surface area contributed by atoms with Crippen LogP contribution in [0.25, 0.3) is 0 Å². The van der Waals surface area contributed by atoms with Gasteiger partial charge in [0.2, 0.25) is 0 Å². The molecule has 0 aromatic rings. The number of ether oxygens (including phenoxy) is 1. The van der Waals surface area contributed by atoms with Gasteiger partial charge < -0.3 is 15.2 Å². The number of rotatable bonds is 4. The van der Waals surface area contributed by atoms with Crippen molar-refractivity contribution < 1.29 is 9.84 Å². The van der Waals surface area contributed by atoms with E-state index >= 15 is 0 Å². The average molecular weight is 213 g/mol. The second-order valence-corrected chi connectivity index (χ2v) is 4.93. The van der Waals surface area contributed by atoms with Gasteiger partial charge in [-0.2, -0.15) is 0 Å². The molecule has 0 spiro atoms. The number of nitrogens with one attached hydrogen (secondary N) is 1. The molecular formula is C12H23NO2. The summed E-state index contributed by atoms with van der Waals surface area (Å²) in [4.78, 5) is 0. The highest BCUT2D eigenvalue weighted by Gasteiger charge is 2.27. The van der Waals surface area contributed by atoms with Crippen LogP contribution in [-0.2, 0) is 4.74 Å². The number of hydrogen-bond donors (Lipinski definition) is 2. The van der Waals surface area contributed by atoms with Gasteiger partial charge in [0.1, 0.15) is 0 Å². The average Bonchev–Trinajstić information content (AvgIpc) is 2.75. The van der Waals surface area contributed by atoms with E-state index in [4.69, 9.17) is 4.74 Å². The van der Waals surface area contributed by atoms with Gasteiger partial charge in [0.15, 0.2) is 0 Å². The van der Waals surface area contributed by atoms with Crippen molar-refractivity contribution in [1.29, 1.82) is 0 Å². The number of aliphatic hydroxyl groups is 1. The summed E-state index contributed by atoms with van der Waals surface area (Å²) in [5.41, 5.74) is 0. The zero-order chi connectivity index (χ0) is 10.5. The van der Waals surface area contributed by atoms with Crippen molar-refractivity contribution >= 4 is 0 Å². The highest BCUT2D eigenvalue weighted by atomic mass is 16.5. The summed E-state index contributed by atoms with van der Waals surface area (Å²) in [7, 11) is 0. The molecule has 1 aliphatic heterocycles. The third-order valence-corrected chi connectivity index (χ3v) is 3.94. The van der Waals surface area contributed by atoms with Gasteiger partial charge in [0, 0.05) is 25.9 Å². The van der Waals surface area contributed by atoms with Gasteiger partial charge in [-0.3, -0.25) is 0 Å². The van der Waals surface area contributed by atoms with Crippen LogP contribution in [0.15, 0.2) is 0 Å². The fourth-order valence-electron chi connectivity index (χ4n) is 2.84. The molecule has 15 heavy (non-hydrogen) atoms. The Bertz CT molecular complexity index is 180. The first kappa shape index (κ1) is 11.4. The Labute approximate surface area is 92.2 Å². The maximum atomic E-state index is 9.23. The summed E-state index contributed by atoms with van der Waals surface area (Å²) in [6.07, 6.45) is 6.11. The van der Waals surface area contributed by atoms with Crippen molar-refractivity contribution in [1.82, 2.24) is 5.32 Å². The molecule has 1 aliphatic carbocycles. The van der Waals surface area contributed by atoms with Crippen LogP contribution in [0.4, 0.5) is 0 Å². The van der Waals surface area contributed by atoms with Crippen LogP contribution in [0.1, 0.15) is 32.1 Å². The molecular weight excluding hydrogens is 190 g/mol. The van der Waals surface area contributed by atoms with Crippen molar-refractivity contribution in [2.24, 2.45) is 11.8 Å². The summed E-state index contributed by atoms with van der Waals surface area (Å²) in [5, 5.41) is 12.9. The molecule has 2 aliphatic rings. The molecule has 3 heteroatoms. The Kier molecular flexibility index (Phi) is 4.42. The van der Waals surface area contributed by atoms with Crippen LogP contribution in [0.5, 0.6) is 0 Å². The van der Waals surface area contributed by atoms with E-state index < -0.39 is 0 Å². The Morgan fingerprint density at radius 3 is 2.53 bits per heavy atom. The van der Waals surface area contributed by atoms with Crippen molar-refractivity contribution in [3.8, 4) is 0 Å². The first-order valence-corrected chi connectivity index (χ1v) is 6.32. The van der Waals surface area contributed by atoms with E-state index in [1.165, 1.54) is 19.3 Å². The fourth-order valence-corrected chi connectivity index (χ4v) is 2.84. The van der Waals surface area contributed by atoms with Gasteiger partial charge in [-0.15, -0.1) is 0 Å². The molecule has 2 fully saturated rings. The second-order valence-electron chi connectivity index (χ2n) is 4.93. The smallest absolute Gasteiger partial charge is 0.0480 e. The van der Waals surface area contributed by atoms with Crippen molar-refractivity contribution in [3.05, 3.63) is 0 Å². The van der Waals surface area contributed by atoms with Gasteiger partial charge in [-0.1, -0.05) is 6.42 Å². The fraction of sp³-hybridized carbons (Fsp3) is 1.00. The van der Waals surface area contributed by atoms with Crippen molar-refractivity contribution in [3.63, 3.8) is 0 Å². The molecule has 3 nitrogen and oxygen atoms in total. The third kappa shape index (κ3) is 3.16. The van der Waals surface area contributed by atoms with E-state index in [9.17, 15) is 5.11 Å². The lowest BCUT2D eigenvalue weighted by atomic mass is 9.96. The Balaban J connectivity index is 1.67. The molecule has 0 bridgehead atoms. The SMILES string of the molecule is OCC1CCCC1CNC1CCOCC1. The molecule has 2 rings (SSSR count). The van der Waals surface area contributed by atoms with E-state index in [0.717, 1.165) is 32.6 Å². The van der Waals surface area contributed by atoms with E-state index in [0.29, 0.717) is 24.5 Å². The van der Waals surface area contributed by atoms with Gasteiger partial charge in [-0.05, 0) is 44.1 Å². The van der Waals surface area contributed by atoms with Crippen molar-refractivity contribution in [2.45, 2.75) is 38.1 Å². The standard InChI is InChI=1S/C12H23NO2/c14-9-11-3-1-2-10(11)8-13-12-4-6-15-7-5-12/h10-14H,1-9H2. The van der Waals surface area contributed by atoms with Gasteiger partial charge in [0.05, 0.1) is 0 Å². The summed E-state index contributed by atoms with van der Waals surface area (Å²) in [6.45, 7) is 3.29. The highest BCUT2D eigenvalue weighted by Crippen LogP contribution is 2.30. The molecule has 2 N–H and O–H groups in total. The summed E-state index contributed by atoms with van der Waals surface area (Å²) in [6, 6.07) is 0.652. The van der Waals surface area contributed by atoms with Gasteiger partial charge >= 0.3 is 0 Å². The molecule has 1 saturated heterocycles. The predicted molar refractivity (Wildman–Crippen MR) is 59.8 cm³/mol. The van der Waals surface area contributed by atoms with Gasteiger partial charge in [-0.25, -0.2) is 0 Å². The molecule has 2 unspecified atom stereocenters. The van der Waals surface area contributed by atoms with Crippen LogP contribution in [0, 0.1) is 11.8 Å². The first-order chi connectivity index (χ1) is 7.40. The van der Waals surface area contributed by atoms with Gasteiger partial charge in [0.25, 0.3) is 0 Å². The molecule has 2 atom stereocenters. The maximum Gasteiger partial charge on any atom is 0.0480 e. The van der Waals surface area contributed by atoms with E-state index in [2.05, 4.69) is 5.32 Å². The molecule has 88 valence electrons. The maximum absolute atomic E-state index is 9.23. The van der Waals surface area contributed by atoms with E-state index in [1.807, 2.05) is 0 Å². The Morgan fingerprint density at radius 1 is 1.07 bits per heavy atom. The van der Waals surface area contributed by atoms with E-state index in [1.54, 1.807) is 0 Å². The molecule has 1 heterocycles. The minimum absolute atomic E-state index is 0.375. The van der Waals surface area contributed by atoms with Crippen LogP contribution in [-0.4, -0.2) is 37.5 Å². The Hall–Kier alpha value is -0.120. The monoisotopic (exact) mass is 213 g/mol. The van der Waals surface area contributed by atoms with Crippen molar-refractivity contribution in [2.75, 3.05) is 26.4 Å². The van der Waals surface area contributed by atoms with Crippen LogP contribution in [0.2, 0.25) is 0 Å². The molecule has 0 aromatic carbocycles. The minimum atomic E-state index is 0.375. The third-order valence-electron chi connectivity index (χ3n) is 3.94. The quantitative estimate of drug-likeness (QED) is 0.736. The molecule has 0 aromatic heterocycles. The minimum Gasteiger partial charge on any atom is -0.396 e. The zero-order valence-corrected chi connectivity index (χ0v) is 9.45. The largest absolute Gasteiger partial charge is 0.396 e. The lowest BCUT2D eigenvalue weighted by Gasteiger charge is -2.26. The normalized spacial score (nSPS) is 33.4. The van der Waals surface area contributed by atoms with Crippen LogP contribution in [0.3, 0.4) is 0 Å². The van der Waals surface area contributed by atoms with Crippen LogP contribution >= 0.6 is 0 Å². The summed E-state index contributed by atoms with van der Waals surface area (Å²) >= 11 is 0. The lowest BCUT2D eigenvalue weighted by molar-refractivity contribution is 0.0755. The number of aliphatic hydroxyl groups excluding tert-OH is 1. The molecule has 0 amide bonds. The molecule has 1 saturated carbocycles. The zero-order valence-electron chi connectivity index (χ0n) is 9.45. The summed E-state index contributed by atoms with van der Waals surface area (Å²) < 4.78 is 5.33.